The minimum atomic E-state index is -1.15. The average Bonchev–Trinajstić information content (AvgIpc) is 2.04. The Balaban J connectivity index is 3.21. The van der Waals surface area contributed by atoms with Gasteiger partial charge in [-0.15, -0.1) is 6.42 Å². The number of hydrogen-bond acceptors (Lipinski definition) is 3. The second-order valence-corrected chi connectivity index (χ2v) is 2.04. The fourth-order valence-electron chi connectivity index (χ4n) is 0.681. The van der Waals surface area contributed by atoms with Gasteiger partial charge in [0, 0.05) is 6.20 Å². The second kappa shape index (κ2) is 2.93. The Kier molecular flexibility index (Phi) is 1.97. The highest BCUT2D eigenvalue weighted by Crippen LogP contribution is 2.14. The van der Waals surface area contributed by atoms with E-state index in [1.165, 1.54) is 0 Å². The number of pyridine rings is 1. The van der Waals surface area contributed by atoms with Crippen LogP contribution in [-0.4, -0.2) is 21.2 Å². The summed E-state index contributed by atoms with van der Waals surface area (Å²) in [5.74, 6) is 0.662. The number of carbonyl (C=O) groups is 1. The lowest BCUT2D eigenvalue weighted by molar-refractivity contribution is 0.0696. The zero-order chi connectivity index (χ0) is 9.14. The summed E-state index contributed by atoms with van der Waals surface area (Å²) in [5.41, 5.74) is -0.0495. The standard InChI is InChI=1S/C8H5NO3/c1-2-6-7(10)3-5(4-9-6)8(11)12/h1,3-4,10H,(H,11,12). The lowest BCUT2D eigenvalue weighted by atomic mass is 10.2. The van der Waals surface area contributed by atoms with Crippen molar-refractivity contribution in [3.63, 3.8) is 0 Å². The molecule has 0 aliphatic rings. The van der Waals surface area contributed by atoms with Crippen LogP contribution < -0.4 is 0 Å². The first-order valence-electron chi connectivity index (χ1n) is 3.04. The predicted octanol–water partition coefficient (Wildman–Crippen LogP) is 0.467. The topological polar surface area (TPSA) is 70.4 Å². The van der Waals surface area contributed by atoms with E-state index in [-0.39, 0.29) is 17.0 Å². The SMILES string of the molecule is C#Cc1ncc(C(=O)O)cc1O. The molecule has 0 saturated carbocycles. The van der Waals surface area contributed by atoms with E-state index >= 15 is 0 Å². The van der Waals surface area contributed by atoms with E-state index in [2.05, 4.69) is 10.9 Å². The maximum Gasteiger partial charge on any atom is 0.337 e. The average molecular weight is 163 g/mol. The summed E-state index contributed by atoms with van der Waals surface area (Å²) in [5, 5.41) is 17.5. The number of aromatic carboxylic acids is 1. The van der Waals surface area contributed by atoms with E-state index < -0.39 is 5.97 Å². The van der Waals surface area contributed by atoms with Crippen LogP contribution in [-0.2, 0) is 0 Å². The number of rotatable bonds is 1. The molecule has 0 saturated heterocycles. The van der Waals surface area contributed by atoms with Gasteiger partial charge in [-0.25, -0.2) is 9.78 Å². The summed E-state index contributed by atoms with van der Waals surface area (Å²) in [6.07, 6.45) is 6.05. The Labute approximate surface area is 68.5 Å². The molecule has 4 heteroatoms. The summed E-state index contributed by atoms with van der Waals surface area (Å²) in [6.45, 7) is 0. The van der Waals surface area contributed by atoms with Gasteiger partial charge in [0.15, 0.2) is 11.4 Å². The van der Waals surface area contributed by atoms with Gasteiger partial charge in [0.05, 0.1) is 5.56 Å². The number of aromatic hydroxyl groups is 1. The van der Waals surface area contributed by atoms with Crippen molar-refractivity contribution in [3.05, 3.63) is 23.5 Å². The smallest absolute Gasteiger partial charge is 0.337 e. The lowest BCUT2D eigenvalue weighted by Crippen LogP contribution is -1.97. The zero-order valence-corrected chi connectivity index (χ0v) is 5.98. The van der Waals surface area contributed by atoms with Crippen molar-refractivity contribution < 1.29 is 15.0 Å². The molecule has 2 N–H and O–H groups in total. The maximum atomic E-state index is 10.4. The van der Waals surface area contributed by atoms with Gasteiger partial charge in [0.1, 0.15) is 0 Å². The van der Waals surface area contributed by atoms with Crippen molar-refractivity contribution in [1.29, 1.82) is 0 Å². The van der Waals surface area contributed by atoms with Crippen LogP contribution in [0.5, 0.6) is 5.75 Å². The fourth-order valence-corrected chi connectivity index (χ4v) is 0.681. The molecule has 12 heavy (non-hydrogen) atoms. The molecule has 1 aromatic rings. The minimum absolute atomic E-state index is 0.0417. The highest BCUT2D eigenvalue weighted by Gasteiger charge is 2.06. The normalized spacial score (nSPS) is 8.92. The number of aromatic nitrogens is 1. The van der Waals surface area contributed by atoms with E-state index in [0.29, 0.717) is 0 Å². The molecular weight excluding hydrogens is 158 g/mol. The first-order valence-corrected chi connectivity index (χ1v) is 3.04. The molecule has 60 valence electrons. The van der Waals surface area contributed by atoms with Crippen molar-refractivity contribution >= 4 is 5.97 Å². The van der Waals surface area contributed by atoms with E-state index in [4.69, 9.17) is 16.6 Å². The highest BCUT2D eigenvalue weighted by atomic mass is 16.4. The molecule has 1 heterocycles. The Bertz CT molecular complexity index is 365. The van der Waals surface area contributed by atoms with Crippen molar-refractivity contribution in [3.8, 4) is 18.1 Å². The third kappa shape index (κ3) is 1.35. The Hall–Kier alpha value is -2.02. The van der Waals surface area contributed by atoms with Crippen LogP contribution in [0.4, 0.5) is 0 Å². The summed E-state index contributed by atoms with van der Waals surface area (Å²) in [7, 11) is 0. The first kappa shape index (κ1) is 8.08. The van der Waals surface area contributed by atoms with E-state index in [0.717, 1.165) is 12.3 Å². The molecule has 0 bridgehead atoms. The van der Waals surface area contributed by atoms with Crippen molar-refractivity contribution in [1.82, 2.24) is 4.98 Å². The summed E-state index contributed by atoms with van der Waals surface area (Å²) in [6, 6.07) is 1.06. The van der Waals surface area contributed by atoms with Gasteiger partial charge in [-0.1, -0.05) is 0 Å². The number of hydrogen-bond donors (Lipinski definition) is 2. The summed E-state index contributed by atoms with van der Waals surface area (Å²) >= 11 is 0. The van der Waals surface area contributed by atoms with E-state index in [9.17, 15) is 4.79 Å². The van der Waals surface area contributed by atoms with Crippen LogP contribution >= 0.6 is 0 Å². The Morgan fingerprint density at radius 1 is 1.67 bits per heavy atom. The van der Waals surface area contributed by atoms with Gasteiger partial charge in [0.25, 0.3) is 0 Å². The predicted molar refractivity (Wildman–Crippen MR) is 40.8 cm³/mol. The molecule has 1 aromatic heterocycles. The molecule has 0 unspecified atom stereocenters. The van der Waals surface area contributed by atoms with Gasteiger partial charge >= 0.3 is 5.97 Å². The molecule has 4 nitrogen and oxygen atoms in total. The van der Waals surface area contributed by atoms with Crippen LogP contribution in [0, 0.1) is 12.3 Å². The minimum Gasteiger partial charge on any atom is -0.505 e. The Morgan fingerprint density at radius 3 is 2.75 bits per heavy atom. The van der Waals surface area contributed by atoms with Crippen LogP contribution in [0.3, 0.4) is 0 Å². The first-order chi connectivity index (χ1) is 5.65. The third-order valence-corrected chi connectivity index (χ3v) is 1.25. The van der Waals surface area contributed by atoms with Gasteiger partial charge in [-0.05, 0) is 12.0 Å². The molecule has 0 radical (unpaired) electrons. The highest BCUT2D eigenvalue weighted by molar-refractivity contribution is 5.87. The van der Waals surface area contributed by atoms with Crippen LogP contribution in [0.15, 0.2) is 12.3 Å². The molecule has 0 spiro atoms. The maximum absolute atomic E-state index is 10.4. The van der Waals surface area contributed by atoms with Crippen molar-refractivity contribution in [2.45, 2.75) is 0 Å². The molecule has 0 aliphatic carbocycles. The van der Waals surface area contributed by atoms with Gasteiger partial charge < -0.3 is 10.2 Å². The molecular formula is C8H5NO3. The monoisotopic (exact) mass is 163 g/mol. The van der Waals surface area contributed by atoms with Gasteiger partial charge in [-0.3, -0.25) is 0 Å². The largest absolute Gasteiger partial charge is 0.505 e. The number of nitrogens with zero attached hydrogens (tertiary/aromatic N) is 1. The third-order valence-electron chi connectivity index (χ3n) is 1.25. The van der Waals surface area contributed by atoms with Gasteiger partial charge in [-0.2, -0.15) is 0 Å². The Morgan fingerprint density at radius 2 is 2.33 bits per heavy atom. The van der Waals surface area contributed by atoms with Crippen molar-refractivity contribution in [2.24, 2.45) is 0 Å². The quantitative estimate of drug-likeness (QED) is 0.590. The van der Waals surface area contributed by atoms with Crippen LogP contribution in [0.2, 0.25) is 0 Å². The summed E-state index contributed by atoms with van der Waals surface area (Å²) in [4.78, 5) is 13.9. The zero-order valence-electron chi connectivity index (χ0n) is 5.98. The van der Waals surface area contributed by atoms with E-state index in [1.807, 2.05) is 0 Å². The molecule has 0 aliphatic heterocycles. The molecule has 0 atom stereocenters. The molecule has 0 amide bonds. The molecule has 1 rings (SSSR count). The number of carboxylic acids is 1. The molecule has 0 aromatic carbocycles. The molecule has 0 fully saturated rings. The summed E-state index contributed by atoms with van der Waals surface area (Å²) < 4.78 is 0. The number of carboxylic acid groups (broad SMARTS) is 1. The van der Waals surface area contributed by atoms with E-state index in [1.54, 1.807) is 0 Å². The lowest BCUT2D eigenvalue weighted by Gasteiger charge is -1.96. The fraction of sp³-hybridized carbons (Fsp3) is 0. The number of terminal acetylenes is 1. The van der Waals surface area contributed by atoms with Crippen molar-refractivity contribution in [2.75, 3.05) is 0 Å². The van der Waals surface area contributed by atoms with Crippen LogP contribution in [0.25, 0.3) is 0 Å². The van der Waals surface area contributed by atoms with Gasteiger partial charge in [0.2, 0.25) is 0 Å². The second-order valence-electron chi connectivity index (χ2n) is 2.04. The van der Waals surface area contributed by atoms with Crippen LogP contribution in [0.1, 0.15) is 16.1 Å².